The molecule has 0 atom stereocenters. The number of hydrogen-bond acceptors (Lipinski definition) is 2. The third kappa shape index (κ3) is 5.36. The topological polar surface area (TPSA) is 21.3 Å². The van der Waals surface area contributed by atoms with Crippen molar-refractivity contribution in [3.8, 4) is 27.9 Å². The van der Waals surface area contributed by atoms with Crippen LogP contribution in [0.25, 0.3) is 93.2 Å². The summed E-state index contributed by atoms with van der Waals surface area (Å²) < 4.78 is 9.01. The molecule has 2 aromatic heterocycles. The van der Waals surface area contributed by atoms with Crippen LogP contribution in [0.3, 0.4) is 0 Å². The minimum Gasteiger partial charge on any atom is -0.455 e. The number of fused-ring (bicyclic) bond motifs is 9. The van der Waals surface area contributed by atoms with E-state index in [1.165, 1.54) is 49.1 Å². The van der Waals surface area contributed by atoms with E-state index in [1.807, 2.05) is 0 Å². The van der Waals surface area contributed by atoms with Crippen LogP contribution in [-0.4, -0.2) is 4.57 Å². The van der Waals surface area contributed by atoms with E-state index in [-0.39, 0.29) is 0 Å². The van der Waals surface area contributed by atoms with E-state index in [9.17, 15) is 0 Å². The standard InChI is InChI=1S/C56H36N2O/c1-3-20-45-37(13-1)15-10-24-46(45)39-29-32-41(33-30-39)57(43-18-11-19-44(36-43)58-52-26-7-5-22-49(52)50-23-6-8-27-53(50)58)42-17-9-16-40(35-42)47-25-12-28-54-55(47)51-34-31-38-14-2-4-21-48(38)56(51)59-54/h1-36H. The third-order valence-electron chi connectivity index (χ3n) is 12.0. The molecule has 2 heterocycles. The van der Waals surface area contributed by atoms with Crippen LogP contribution in [0, 0.1) is 0 Å². The quantitative estimate of drug-likeness (QED) is 0.169. The summed E-state index contributed by atoms with van der Waals surface area (Å²) in [5, 5.41) is 9.54. The van der Waals surface area contributed by atoms with E-state index < -0.39 is 0 Å². The summed E-state index contributed by atoms with van der Waals surface area (Å²) in [7, 11) is 0. The summed E-state index contributed by atoms with van der Waals surface area (Å²) in [5.41, 5.74) is 13.2. The third-order valence-corrected chi connectivity index (χ3v) is 12.0. The molecule has 0 radical (unpaired) electrons. The average molecular weight is 753 g/mol. The van der Waals surface area contributed by atoms with E-state index in [4.69, 9.17) is 4.42 Å². The van der Waals surface area contributed by atoms with Crippen molar-refractivity contribution in [1.82, 2.24) is 4.57 Å². The van der Waals surface area contributed by atoms with Gasteiger partial charge in [-0.2, -0.15) is 0 Å². The number of hydrogen-bond donors (Lipinski definition) is 0. The minimum absolute atomic E-state index is 0.888. The van der Waals surface area contributed by atoms with Crippen molar-refractivity contribution in [2.75, 3.05) is 4.90 Å². The molecule has 0 aliphatic rings. The van der Waals surface area contributed by atoms with Crippen LogP contribution in [0.4, 0.5) is 17.1 Å². The zero-order chi connectivity index (χ0) is 38.9. The summed E-state index contributed by atoms with van der Waals surface area (Å²) in [6, 6.07) is 78.7. The molecule has 276 valence electrons. The number of furan rings is 1. The van der Waals surface area contributed by atoms with Gasteiger partial charge in [0.25, 0.3) is 0 Å². The van der Waals surface area contributed by atoms with Crippen molar-refractivity contribution in [3.63, 3.8) is 0 Å². The molecule has 3 nitrogen and oxygen atoms in total. The van der Waals surface area contributed by atoms with Gasteiger partial charge < -0.3 is 13.9 Å². The summed E-state index contributed by atoms with van der Waals surface area (Å²) >= 11 is 0. The second kappa shape index (κ2) is 13.4. The first kappa shape index (κ1) is 33.3. The van der Waals surface area contributed by atoms with Crippen molar-refractivity contribution >= 4 is 82.4 Å². The first-order chi connectivity index (χ1) is 29.3. The molecular formula is C56H36N2O. The number of benzene rings is 10. The van der Waals surface area contributed by atoms with Crippen LogP contribution in [0.15, 0.2) is 223 Å². The van der Waals surface area contributed by atoms with Crippen molar-refractivity contribution in [2.45, 2.75) is 0 Å². The fourth-order valence-electron chi connectivity index (χ4n) is 9.29. The summed E-state index contributed by atoms with van der Waals surface area (Å²) in [6.45, 7) is 0. The predicted molar refractivity (Wildman–Crippen MR) is 249 cm³/mol. The van der Waals surface area contributed by atoms with Crippen LogP contribution in [0.5, 0.6) is 0 Å². The Kier molecular flexibility index (Phi) is 7.54. The SMILES string of the molecule is c1cc(-c2cccc3oc4c5ccccc5ccc4c23)cc(N(c2ccc(-c3cccc4ccccc34)cc2)c2cccc(-n3c4ccccc4c4ccccc43)c2)c1. The van der Waals surface area contributed by atoms with Gasteiger partial charge in [-0.3, -0.25) is 0 Å². The Morgan fingerprint density at radius 2 is 0.949 bits per heavy atom. The summed E-state index contributed by atoms with van der Waals surface area (Å²) in [4.78, 5) is 2.38. The van der Waals surface area contributed by atoms with Crippen LogP contribution in [0.2, 0.25) is 0 Å². The normalized spacial score (nSPS) is 11.7. The van der Waals surface area contributed by atoms with Gasteiger partial charge in [0.05, 0.1) is 11.0 Å². The smallest absolute Gasteiger partial charge is 0.143 e. The molecule has 0 saturated carbocycles. The molecule has 0 aliphatic heterocycles. The molecule has 0 saturated heterocycles. The summed E-state index contributed by atoms with van der Waals surface area (Å²) in [6.07, 6.45) is 0. The maximum Gasteiger partial charge on any atom is 0.143 e. The van der Waals surface area contributed by atoms with Crippen LogP contribution >= 0.6 is 0 Å². The Morgan fingerprint density at radius 3 is 1.73 bits per heavy atom. The maximum absolute atomic E-state index is 6.62. The molecular weight excluding hydrogens is 717 g/mol. The molecule has 0 spiro atoms. The van der Waals surface area contributed by atoms with E-state index in [0.717, 1.165) is 61.2 Å². The van der Waals surface area contributed by atoms with Gasteiger partial charge in [-0.05, 0) is 105 Å². The van der Waals surface area contributed by atoms with E-state index >= 15 is 0 Å². The predicted octanol–water partition coefficient (Wildman–Crippen LogP) is 15.8. The Balaban J connectivity index is 1.04. The molecule has 0 amide bonds. The Morgan fingerprint density at radius 1 is 0.356 bits per heavy atom. The van der Waals surface area contributed by atoms with Gasteiger partial charge in [0.1, 0.15) is 11.2 Å². The first-order valence-corrected chi connectivity index (χ1v) is 20.2. The van der Waals surface area contributed by atoms with Crippen LogP contribution < -0.4 is 4.90 Å². The highest BCUT2D eigenvalue weighted by Gasteiger charge is 2.19. The monoisotopic (exact) mass is 752 g/mol. The zero-order valence-electron chi connectivity index (χ0n) is 32.1. The lowest BCUT2D eigenvalue weighted by atomic mass is 9.97. The molecule has 3 heteroatoms. The summed E-state index contributed by atoms with van der Waals surface area (Å²) in [5.74, 6) is 0. The van der Waals surface area contributed by atoms with E-state index in [0.29, 0.717) is 0 Å². The zero-order valence-corrected chi connectivity index (χ0v) is 32.1. The van der Waals surface area contributed by atoms with Gasteiger partial charge in [0, 0.05) is 49.7 Å². The lowest BCUT2D eigenvalue weighted by molar-refractivity contribution is 0.673. The van der Waals surface area contributed by atoms with Crippen molar-refractivity contribution < 1.29 is 4.42 Å². The fourth-order valence-corrected chi connectivity index (χ4v) is 9.29. The number of rotatable bonds is 6. The van der Waals surface area contributed by atoms with Crippen LogP contribution in [-0.2, 0) is 0 Å². The van der Waals surface area contributed by atoms with Gasteiger partial charge in [-0.25, -0.2) is 0 Å². The van der Waals surface area contributed by atoms with Crippen molar-refractivity contribution in [2.24, 2.45) is 0 Å². The van der Waals surface area contributed by atoms with Gasteiger partial charge in [-0.15, -0.1) is 0 Å². The van der Waals surface area contributed by atoms with Gasteiger partial charge >= 0.3 is 0 Å². The molecule has 12 aromatic rings. The lowest BCUT2D eigenvalue weighted by Crippen LogP contribution is -2.10. The molecule has 12 rings (SSSR count). The van der Waals surface area contributed by atoms with E-state index in [2.05, 4.69) is 228 Å². The Bertz CT molecular complexity index is 3510. The highest BCUT2D eigenvalue weighted by Crippen LogP contribution is 2.43. The number of anilines is 3. The Hall–Kier alpha value is -7.88. The van der Waals surface area contributed by atoms with Gasteiger partial charge in [0.15, 0.2) is 0 Å². The Labute approximate surface area is 341 Å². The van der Waals surface area contributed by atoms with Crippen LogP contribution in [0.1, 0.15) is 0 Å². The highest BCUT2D eigenvalue weighted by molar-refractivity contribution is 6.19. The molecule has 0 fully saturated rings. The largest absolute Gasteiger partial charge is 0.455 e. The van der Waals surface area contributed by atoms with Gasteiger partial charge in [-0.1, -0.05) is 152 Å². The first-order valence-electron chi connectivity index (χ1n) is 20.2. The van der Waals surface area contributed by atoms with Crippen molar-refractivity contribution in [3.05, 3.63) is 218 Å². The molecule has 0 aliphatic carbocycles. The van der Waals surface area contributed by atoms with Crippen molar-refractivity contribution in [1.29, 1.82) is 0 Å². The highest BCUT2D eigenvalue weighted by atomic mass is 16.3. The average Bonchev–Trinajstić information content (AvgIpc) is 3.86. The second-order valence-electron chi connectivity index (χ2n) is 15.3. The lowest BCUT2D eigenvalue weighted by Gasteiger charge is -2.27. The number of aromatic nitrogens is 1. The molecule has 0 unspecified atom stereocenters. The minimum atomic E-state index is 0.888. The molecule has 59 heavy (non-hydrogen) atoms. The number of para-hydroxylation sites is 2. The fraction of sp³-hybridized carbons (Fsp3) is 0. The maximum atomic E-state index is 6.62. The van der Waals surface area contributed by atoms with Gasteiger partial charge in [0.2, 0.25) is 0 Å². The van der Waals surface area contributed by atoms with E-state index in [1.54, 1.807) is 0 Å². The number of nitrogens with zero attached hydrogens (tertiary/aromatic N) is 2. The molecule has 10 aromatic carbocycles. The second-order valence-corrected chi connectivity index (χ2v) is 15.3. The molecule has 0 N–H and O–H groups in total. The molecule has 0 bridgehead atoms.